The van der Waals surface area contributed by atoms with E-state index in [1.54, 1.807) is 6.07 Å². The summed E-state index contributed by atoms with van der Waals surface area (Å²) in [6, 6.07) is 14.1. The molecule has 4 nitrogen and oxygen atoms in total. The number of hydrogen-bond donors (Lipinski definition) is 1. The van der Waals surface area contributed by atoms with Gasteiger partial charge in [-0.15, -0.1) is 0 Å². The van der Waals surface area contributed by atoms with Crippen LogP contribution in [-0.2, 0) is 0 Å². The molecule has 0 aliphatic rings. The van der Waals surface area contributed by atoms with Gasteiger partial charge in [0.1, 0.15) is 6.07 Å². The summed E-state index contributed by atoms with van der Waals surface area (Å²) in [7, 11) is 0. The Morgan fingerprint density at radius 3 is 2.50 bits per heavy atom. The van der Waals surface area contributed by atoms with E-state index in [0.717, 1.165) is 40.4 Å². The number of rotatable bonds is 4. The van der Waals surface area contributed by atoms with Crippen LogP contribution >= 0.6 is 11.6 Å². The second-order valence-electron chi connectivity index (χ2n) is 6.33. The Labute approximate surface area is 159 Å². The summed E-state index contributed by atoms with van der Waals surface area (Å²) in [6.07, 6.45) is 0. The van der Waals surface area contributed by atoms with Crippen LogP contribution in [0.5, 0.6) is 0 Å². The summed E-state index contributed by atoms with van der Waals surface area (Å²) in [5, 5.41) is 16.9. The molecule has 132 valence electrons. The molecule has 0 aliphatic heterocycles. The fraction of sp³-hybridized carbons (Fsp3) is 0.238. The third-order valence-electron chi connectivity index (χ3n) is 4.62. The molecule has 0 saturated carbocycles. The highest BCUT2D eigenvalue weighted by Crippen LogP contribution is 2.35. The van der Waals surface area contributed by atoms with Crippen LogP contribution in [0.2, 0.25) is 5.02 Å². The van der Waals surface area contributed by atoms with E-state index in [9.17, 15) is 0 Å². The summed E-state index contributed by atoms with van der Waals surface area (Å²) in [6.45, 7) is 9.04. The maximum Gasteiger partial charge on any atom is 0.101 e. The van der Waals surface area contributed by atoms with Crippen LogP contribution in [0.4, 0.5) is 11.4 Å². The lowest BCUT2D eigenvalue weighted by molar-refractivity contribution is 1.02. The highest BCUT2D eigenvalue weighted by atomic mass is 35.5. The van der Waals surface area contributed by atoms with Gasteiger partial charge in [0.2, 0.25) is 0 Å². The van der Waals surface area contributed by atoms with Crippen molar-refractivity contribution in [3.8, 4) is 17.2 Å². The van der Waals surface area contributed by atoms with E-state index in [4.69, 9.17) is 16.9 Å². The quantitative estimate of drug-likeness (QED) is 0.647. The molecule has 1 N–H and O–H groups in total. The van der Waals surface area contributed by atoms with Gasteiger partial charge in [-0.3, -0.25) is 5.10 Å². The Bertz CT molecular complexity index is 978. The molecule has 3 rings (SSSR count). The largest absolute Gasteiger partial charge is 0.341 e. The predicted molar refractivity (Wildman–Crippen MR) is 107 cm³/mol. The topological polar surface area (TPSA) is 55.7 Å². The smallest absolute Gasteiger partial charge is 0.101 e. The molecule has 3 aromatic rings. The number of benzene rings is 2. The van der Waals surface area contributed by atoms with Gasteiger partial charge < -0.3 is 4.90 Å². The summed E-state index contributed by atoms with van der Waals surface area (Å²) < 4.78 is 0. The number of nitriles is 1. The van der Waals surface area contributed by atoms with Crippen molar-refractivity contribution in [2.24, 2.45) is 0 Å². The number of nitrogens with one attached hydrogen (secondary N) is 1. The van der Waals surface area contributed by atoms with Crippen molar-refractivity contribution in [1.82, 2.24) is 10.2 Å². The maximum absolute atomic E-state index is 9.10. The Kier molecular flexibility index (Phi) is 5.01. The number of anilines is 2. The highest BCUT2D eigenvalue weighted by molar-refractivity contribution is 6.32. The lowest BCUT2D eigenvalue weighted by atomic mass is 10.0. The van der Waals surface area contributed by atoms with E-state index in [1.165, 1.54) is 5.56 Å². The standard InChI is InChI=1S/C21H21ClN4/c1-5-26(18-9-8-17(12-23)19(22)11-18)20-10-16(7-6-13(20)2)21-14(3)24-25-15(21)4/h6-11H,5H2,1-4H3,(H,24,25). The summed E-state index contributed by atoms with van der Waals surface area (Å²) in [5.41, 5.74) is 8.07. The van der Waals surface area contributed by atoms with E-state index < -0.39 is 0 Å². The Morgan fingerprint density at radius 1 is 1.15 bits per heavy atom. The number of aryl methyl sites for hydroxylation is 3. The molecule has 1 heterocycles. The van der Waals surface area contributed by atoms with Gasteiger partial charge in [-0.1, -0.05) is 23.7 Å². The SMILES string of the molecule is CCN(c1ccc(C#N)c(Cl)c1)c1cc(-c2c(C)n[nH]c2C)ccc1C. The molecule has 0 unspecified atom stereocenters. The van der Waals surface area contributed by atoms with Crippen molar-refractivity contribution < 1.29 is 0 Å². The van der Waals surface area contributed by atoms with Gasteiger partial charge in [-0.25, -0.2) is 0 Å². The minimum Gasteiger partial charge on any atom is -0.341 e. The van der Waals surface area contributed by atoms with E-state index in [0.29, 0.717) is 10.6 Å². The molecule has 1 aromatic heterocycles. The van der Waals surface area contributed by atoms with Gasteiger partial charge >= 0.3 is 0 Å². The first-order valence-corrected chi connectivity index (χ1v) is 8.93. The Hall–Kier alpha value is -2.77. The average molecular weight is 365 g/mol. The summed E-state index contributed by atoms with van der Waals surface area (Å²) >= 11 is 6.25. The van der Waals surface area contributed by atoms with Gasteiger partial charge in [-0.05, 0) is 63.1 Å². The fourth-order valence-corrected chi connectivity index (χ4v) is 3.50. The molecular formula is C21H21ClN4. The van der Waals surface area contributed by atoms with Crippen molar-refractivity contribution in [3.63, 3.8) is 0 Å². The van der Waals surface area contributed by atoms with Crippen LogP contribution in [0.1, 0.15) is 29.4 Å². The lowest BCUT2D eigenvalue weighted by Gasteiger charge is -2.26. The predicted octanol–water partition coefficient (Wildman–Crippen LogP) is 5.69. The molecule has 0 atom stereocenters. The third kappa shape index (κ3) is 3.18. The fourth-order valence-electron chi connectivity index (χ4n) is 3.29. The molecule has 5 heteroatoms. The third-order valence-corrected chi connectivity index (χ3v) is 4.93. The second-order valence-corrected chi connectivity index (χ2v) is 6.74. The second kappa shape index (κ2) is 7.23. The van der Waals surface area contributed by atoms with Gasteiger partial charge in [0.05, 0.1) is 16.3 Å². The zero-order chi connectivity index (χ0) is 18.8. The van der Waals surface area contributed by atoms with Crippen molar-refractivity contribution in [2.45, 2.75) is 27.7 Å². The minimum atomic E-state index is 0.471. The Balaban J connectivity index is 2.11. The van der Waals surface area contributed by atoms with Crippen molar-refractivity contribution in [2.75, 3.05) is 11.4 Å². The molecular weight excluding hydrogens is 344 g/mol. The highest BCUT2D eigenvalue weighted by Gasteiger charge is 2.15. The molecule has 0 bridgehead atoms. The monoisotopic (exact) mass is 364 g/mol. The number of aromatic nitrogens is 2. The number of aromatic amines is 1. The van der Waals surface area contributed by atoms with E-state index >= 15 is 0 Å². The first kappa shape index (κ1) is 18.0. The van der Waals surface area contributed by atoms with Crippen molar-refractivity contribution in [3.05, 3.63) is 63.9 Å². The molecule has 0 aliphatic carbocycles. The van der Waals surface area contributed by atoms with Crippen molar-refractivity contribution >= 4 is 23.0 Å². The Morgan fingerprint density at radius 2 is 1.92 bits per heavy atom. The van der Waals surface area contributed by atoms with Gasteiger partial charge in [-0.2, -0.15) is 10.4 Å². The molecule has 0 spiro atoms. The first-order chi connectivity index (χ1) is 12.5. The lowest BCUT2D eigenvalue weighted by Crippen LogP contribution is -2.17. The average Bonchev–Trinajstić information content (AvgIpc) is 2.96. The minimum absolute atomic E-state index is 0.471. The van der Waals surface area contributed by atoms with E-state index in [1.807, 2.05) is 26.0 Å². The molecule has 0 saturated heterocycles. The molecule has 0 fully saturated rings. The van der Waals surface area contributed by atoms with E-state index in [-0.39, 0.29) is 0 Å². The summed E-state index contributed by atoms with van der Waals surface area (Å²) in [5.74, 6) is 0. The molecule has 26 heavy (non-hydrogen) atoms. The number of H-pyrrole nitrogens is 1. The van der Waals surface area contributed by atoms with Gasteiger partial charge in [0.25, 0.3) is 0 Å². The zero-order valence-corrected chi connectivity index (χ0v) is 16.1. The van der Waals surface area contributed by atoms with Crippen LogP contribution in [0.3, 0.4) is 0 Å². The van der Waals surface area contributed by atoms with Crippen LogP contribution in [-0.4, -0.2) is 16.7 Å². The maximum atomic E-state index is 9.10. The van der Waals surface area contributed by atoms with Crippen LogP contribution in [0.15, 0.2) is 36.4 Å². The van der Waals surface area contributed by atoms with E-state index in [2.05, 4.69) is 53.2 Å². The molecule has 0 amide bonds. The van der Waals surface area contributed by atoms with Crippen molar-refractivity contribution in [1.29, 1.82) is 5.26 Å². The van der Waals surface area contributed by atoms with Gasteiger partial charge in [0.15, 0.2) is 0 Å². The summed E-state index contributed by atoms with van der Waals surface area (Å²) in [4.78, 5) is 2.20. The first-order valence-electron chi connectivity index (χ1n) is 8.56. The van der Waals surface area contributed by atoms with Crippen LogP contribution in [0, 0.1) is 32.1 Å². The zero-order valence-electron chi connectivity index (χ0n) is 15.4. The number of halogens is 1. The van der Waals surface area contributed by atoms with Crippen LogP contribution in [0.25, 0.3) is 11.1 Å². The number of hydrogen-bond acceptors (Lipinski definition) is 3. The normalized spacial score (nSPS) is 10.6. The van der Waals surface area contributed by atoms with Gasteiger partial charge in [0, 0.05) is 29.2 Å². The number of nitrogens with zero attached hydrogens (tertiary/aromatic N) is 3. The van der Waals surface area contributed by atoms with Crippen LogP contribution < -0.4 is 4.90 Å². The molecule has 0 radical (unpaired) electrons. The molecule has 2 aromatic carbocycles.